The van der Waals surface area contributed by atoms with Crippen LogP contribution in [0.3, 0.4) is 0 Å². The number of rotatable bonds is 6. The molecule has 0 saturated carbocycles. The largest absolute Gasteiger partial charge is 0.493 e. The lowest BCUT2D eigenvalue weighted by Gasteiger charge is -2.31. The van der Waals surface area contributed by atoms with Crippen LogP contribution in [0.2, 0.25) is 0 Å². The van der Waals surface area contributed by atoms with Gasteiger partial charge in [0.1, 0.15) is 5.69 Å². The monoisotopic (exact) mass is 282 g/mol. The average Bonchev–Trinajstić information content (AvgIpc) is 3.02. The highest BCUT2D eigenvalue weighted by Crippen LogP contribution is 2.38. The molecule has 1 aromatic rings. The van der Waals surface area contributed by atoms with Gasteiger partial charge in [0.2, 0.25) is 0 Å². The van der Waals surface area contributed by atoms with Crippen LogP contribution >= 0.6 is 0 Å². The summed E-state index contributed by atoms with van der Waals surface area (Å²) in [6.45, 7) is 4.54. The van der Waals surface area contributed by atoms with Crippen molar-refractivity contribution in [3.63, 3.8) is 0 Å². The van der Waals surface area contributed by atoms with Crippen LogP contribution in [-0.2, 0) is 11.3 Å². The second-order valence-electron chi connectivity index (χ2n) is 5.87. The lowest BCUT2D eigenvalue weighted by atomic mass is 9.91. The van der Waals surface area contributed by atoms with Crippen LogP contribution in [0.15, 0.2) is 6.20 Å². The van der Waals surface area contributed by atoms with Gasteiger partial charge >= 0.3 is 0 Å². The number of hydrogen-bond donors (Lipinski definition) is 1. The summed E-state index contributed by atoms with van der Waals surface area (Å²) in [4.78, 5) is 2.12. The van der Waals surface area contributed by atoms with Crippen LogP contribution in [0.1, 0.15) is 31.5 Å². The Kier molecular flexibility index (Phi) is 4.67. The van der Waals surface area contributed by atoms with Gasteiger partial charge in [0.05, 0.1) is 31.5 Å². The Bertz CT molecular complexity index is 438. The van der Waals surface area contributed by atoms with Crippen molar-refractivity contribution in [2.45, 2.75) is 38.0 Å². The van der Waals surface area contributed by atoms with Crippen LogP contribution in [0.4, 0.5) is 0 Å². The van der Waals surface area contributed by atoms with Gasteiger partial charge in [-0.25, -0.2) is 0 Å². The van der Waals surface area contributed by atoms with Gasteiger partial charge < -0.3 is 20.1 Å². The van der Waals surface area contributed by atoms with E-state index >= 15 is 0 Å². The fraction of sp³-hybridized carbons (Fsp3) is 0.786. The quantitative estimate of drug-likeness (QED) is 0.844. The van der Waals surface area contributed by atoms with Gasteiger partial charge in [0.25, 0.3) is 0 Å². The van der Waals surface area contributed by atoms with Crippen molar-refractivity contribution < 1.29 is 9.47 Å². The van der Waals surface area contributed by atoms with Gasteiger partial charge in [-0.3, -0.25) is 4.68 Å². The van der Waals surface area contributed by atoms with Crippen molar-refractivity contribution >= 4 is 0 Å². The van der Waals surface area contributed by atoms with Crippen LogP contribution in [0.25, 0.3) is 0 Å². The first-order chi connectivity index (χ1) is 9.48. The van der Waals surface area contributed by atoms with E-state index in [1.807, 2.05) is 18.8 Å². The van der Waals surface area contributed by atoms with Gasteiger partial charge in [-0.2, -0.15) is 5.10 Å². The third kappa shape index (κ3) is 2.97. The molecule has 0 aliphatic carbocycles. The first-order valence-electron chi connectivity index (χ1n) is 7.12. The number of ether oxygens (including phenoxy) is 2. The molecule has 2 rings (SSSR count). The first kappa shape index (κ1) is 15.3. The van der Waals surface area contributed by atoms with Crippen molar-refractivity contribution in [1.82, 2.24) is 14.7 Å². The minimum atomic E-state index is -0.330. The standard InChI is InChI=1S/C14H26N4O2/c1-14(6-5-9-20-14)13(15)12-11(19-4)10-16-18(12)8-7-17(2)3/h10,13H,5-9,15H2,1-4H3. The Balaban J connectivity index is 2.25. The molecular formula is C14H26N4O2. The molecule has 6 heteroatoms. The third-order valence-corrected chi connectivity index (χ3v) is 4.03. The topological polar surface area (TPSA) is 65.5 Å². The maximum absolute atomic E-state index is 6.48. The Labute approximate surface area is 120 Å². The molecule has 1 saturated heterocycles. The van der Waals surface area contributed by atoms with Crippen LogP contribution in [0.5, 0.6) is 5.75 Å². The normalized spacial score (nSPS) is 24.3. The molecule has 0 bridgehead atoms. The molecule has 0 radical (unpaired) electrons. The summed E-state index contributed by atoms with van der Waals surface area (Å²) >= 11 is 0. The van der Waals surface area contributed by atoms with E-state index in [-0.39, 0.29) is 11.6 Å². The predicted molar refractivity (Wildman–Crippen MR) is 77.9 cm³/mol. The fourth-order valence-electron chi connectivity index (χ4n) is 2.66. The highest BCUT2D eigenvalue weighted by molar-refractivity contribution is 5.30. The Morgan fingerprint density at radius 2 is 2.35 bits per heavy atom. The molecule has 1 aliphatic heterocycles. The van der Waals surface area contributed by atoms with Crippen molar-refractivity contribution in [3.05, 3.63) is 11.9 Å². The maximum atomic E-state index is 6.48. The van der Waals surface area contributed by atoms with Crippen molar-refractivity contribution in [3.8, 4) is 5.75 Å². The molecule has 1 aromatic heterocycles. The Morgan fingerprint density at radius 1 is 1.60 bits per heavy atom. The van der Waals surface area contributed by atoms with E-state index in [9.17, 15) is 0 Å². The highest BCUT2D eigenvalue weighted by atomic mass is 16.5. The molecule has 0 amide bonds. The number of hydrogen-bond acceptors (Lipinski definition) is 5. The molecular weight excluding hydrogens is 256 g/mol. The lowest BCUT2D eigenvalue weighted by Crippen LogP contribution is -2.39. The van der Waals surface area contributed by atoms with Gasteiger partial charge in [-0.1, -0.05) is 0 Å². The number of aromatic nitrogens is 2. The number of nitrogens with two attached hydrogens (primary N) is 1. The smallest absolute Gasteiger partial charge is 0.161 e. The third-order valence-electron chi connectivity index (χ3n) is 4.03. The van der Waals surface area contributed by atoms with E-state index in [0.717, 1.165) is 44.0 Å². The van der Waals surface area contributed by atoms with E-state index in [2.05, 4.69) is 16.9 Å². The zero-order valence-electron chi connectivity index (χ0n) is 12.9. The van der Waals surface area contributed by atoms with E-state index < -0.39 is 0 Å². The Hall–Kier alpha value is -1.11. The van der Waals surface area contributed by atoms with Crippen molar-refractivity contribution in [2.75, 3.05) is 34.4 Å². The molecule has 6 nitrogen and oxygen atoms in total. The SMILES string of the molecule is COc1cnn(CCN(C)C)c1C(N)C1(C)CCCO1. The molecule has 114 valence electrons. The number of nitrogens with zero attached hydrogens (tertiary/aromatic N) is 3. The number of likely N-dealkylation sites (N-methyl/N-ethyl adjacent to an activating group) is 1. The van der Waals surface area contributed by atoms with Crippen LogP contribution in [-0.4, -0.2) is 54.6 Å². The van der Waals surface area contributed by atoms with E-state index in [1.54, 1.807) is 13.3 Å². The summed E-state index contributed by atoms with van der Waals surface area (Å²) in [5.74, 6) is 0.744. The van der Waals surface area contributed by atoms with Crippen molar-refractivity contribution in [1.29, 1.82) is 0 Å². The molecule has 2 N–H and O–H groups in total. The highest BCUT2D eigenvalue weighted by Gasteiger charge is 2.40. The molecule has 1 fully saturated rings. The fourth-order valence-corrected chi connectivity index (χ4v) is 2.66. The zero-order chi connectivity index (χ0) is 14.8. The summed E-state index contributed by atoms with van der Waals surface area (Å²) in [6.07, 6.45) is 3.76. The minimum absolute atomic E-state index is 0.232. The van der Waals surface area contributed by atoms with Crippen molar-refractivity contribution in [2.24, 2.45) is 5.73 Å². The maximum Gasteiger partial charge on any atom is 0.161 e. The van der Waals surface area contributed by atoms with E-state index in [0.29, 0.717) is 0 Å². The zero-order valence-corrected chi connectivity index (χ0v) is 12.9. The molecule has 2 unspecified atom stereocenters. The summed E-state index contributed by atoms with van der Waals surface area (Å²) in [5, 5.41) is 4.41. The van der Waals surface area contributed by atoms with Gasteiger partial charge in [-0.15, -0.1) is 0 Å². The first-order valence-corrected chi connectivity index (χ1v) is 7.12. The number of methoxy groups -OCH3 is 1. The van der Waals surface area contributed by atoms with E-state index in [4.69, 9.17) is 15.2 Å². The molecule has 0 aromatic carbocycles. The second-order valence-corrected chi connectivity index (χ2v) is 5.87. The summed E-state index contributed by atoms with van der Waals surface area (Å²) in [6, 6.07) is -0.232. The average molecular weight is 282 g/mol. The van der Waals surface area contributed by atoms with Crippen LogP contribution < -0.4 is 10.5 Å². The van der Waals surface area contributed by atoms with Gasteiger partial charge in [0, 0.05) is 13.2 Å². The second kappa shape index (κ2) is 6.11. The van der Waals surface area contributed by atoms with Gasteiger partial charge in [-0.05, 0) is 33.9 Å². The van der Waals surface area contributed by atoms with Gasteiger partial charge in [0.15, 0.2) is 5.75 Å². The molecule has 2 atom stereocenters. The predicted octanol–water partition coefficient (Wildman–Crippen LogP) is 1.02. The Morgan fingerprint density at radius 3 is 2.90 bits per heavy atom. The molecule has 0 spiro atoms. The van der Waals surface area contributed by atoms with Crippen LogP contribution in [0, 0.1) is 0 Å². The lowest BCUT2D eigenvalue weighted by molar-refractivity contribution is -0.00449. The molecule has 20 heavy (non-hydrogen) atoms. The minimum Gasteiger partial charge on any atom is -0.493 e. The van der Waals surface area contributed by atoms with E-state index in [1.165, 1.54) is 0 Å². The summed E-state index contributed by atoms with van der Waals surface area (Å²) in [7, 11) is 5.74. The summed E-state index contributed by atoms with van der Waals surface area (Å²) < 4.78 is 13.2. The molecule has 2 heterocycles. The summed E-state index contributed by atoms with van der Waals surface area (Å²) in [5.41, 5.74) is 7.08. The molecule has 1 aliphatic rings.